The molecule has 1 saturated carbocycles. The van der Waals surface area contributed by atoms with Crippen molar-refractivity contribution in [3.63, 3.8) is 0 Å². The molecule has 0 spiro atoms. The Morgan fingerprint density at radius 2 is 2.08 bits per heavy atom. The number of likely N-dealkylation sites (tertiary alicyclic amines) is 1. The molecule has 0 bridgehead atoms. The third-order valence-electron chi connectivity index (χ3n) is 3.55. The Kier molecular flexibility index (Phi) is 2.09. The van der Waals surface area contributed by atoms with Crippen LogP contribution in [0, 0.1) is 17.8 Å². The highest BCUT2D eigenvalue weighted by Gasteiger charge is 2.45. The van der Waals surface area contributed by atoms with Gasteiger partial charge in [-0.05, 0) is 24.7 Å². The van der Waals surface area contributed by atoms with Gasteiger partial charge in [-0.1, -0.05) is 20.8 Å². The number of hydrogen-bond acceptors (Lipinski definition) is 1. The molecule has 1 aliphatic heterocycles. The molecule has 0 aromatic rings. The van der Waals surface area contributed by atoms with Gasteiger partial charge in [-0.3, -0.25) is 4.79 Å². The molecule has 1 unspecified atom stereocenters. The zero-order valence-corrected chi connectivity index (χ0v) is 8.79. The Bertz CT molecular complexity index is 224. The van der Waals surface area contributed by atoms with Gasteiger partial charge >= 0.3 is 0 Å². The molecular formula is C11H19NO. The summed E-state index contributed by atoms with van der Waals surface area (Å²) in [4.78, 5) is 13.9. The SMILES string of the molecule is CC(C)C1CCN1C(=O)[C@H]1C[C@@H]1C. The van der Waals surface area contributed by atoms with Crippen molar-refractivity contribution >= 4 is 5.91 Å². The molecule has 2 heteroatoms. The molecule has 1 heterocycles. The largest absolute Gasteiger partial charge is 0.339 e. The van der Waals surface area contributed by atoms with Gasteiger partial charge in [0.05, 0.1) is 0 Å². The second-order valence-electron chi connectivity index (χ2n) is 4.95. The Morgan fingerprint density at radius 3 is 2.38 bits per heavy atom. The van der Waals surface area contributed by atoms with Crippen LogP contribution in [0.3, 0.4) is 0 Å². The summed E-state index contributed by atoms with van der Waals surface area (Å²) in [6.07, 6.45) is 2.34. The highest BCUT2D eigenvalue weighted by atomic mass is 16.2. The van der Waals surface area contributed by atoms with Crippen molar-refractivity contribution in [3.05, 3.63) is 0 Å². The van der Waals surface area contributed by atoms with Crippen LogP contribution in [0.15, 0.2) is 0 Å². The number of rotatable bonds is 2. The van der Waals surface area contributed by atoms with E-state index in [-0.39, 0.29) is 0 Å². The minimum atomic E-state index is 0.376. The molecule has 74 valence electrons. The maximum atomic E-state index is 11.8. The maximum absolute atomic E-state index is 11.8. The number of nitrogens with zero attached hydrogens (tertiary/aromatic N) is 1. The van der Waals surface area contributed by atoms with Gasteiger partial charge in [0.15, 0.2) is 0 Å². The summed E-state index contributed by atoms with van der Waals surface area (Å²) in [5.74, 6) is 2.09. The molecule has 0 aromatic carbocycles. The average Bonchev–Trinajstić information content (AvgIpc) is 2.62. The van der Waals surface area contributed by atoms with Crippen LogP contribution in [0.1, 0.15) is 33.6 Å². The van der Waals surface area contributed by atoms with Crippen LogP contribution in [0.5, 0.6) is 0 Å². The zero-order chi connectivity index (χ0) is 9.59. The first kappa shape index (κ1) is 9.04. The quantitative estimate of drug-likeness (QED) is 0.637. The fourth-order valence-electron chi connectivity index (χ4n) is 2.25. The highest BCUT2D eigenvalue weighted by Crippen LogP contribution is 2.41. The van der Waals surface area contributed by atoms with E-state index in [0.29, 0.717) is 29.7 Å². The highest BCUT2D eigenvalue weighted by molar-refractivity contribution is 5.82. The van der Waals surface area contributed by atoms with E-state index in [1.54, 1.807) is 0 Å². The van der Waals surface area contributed by atoms with Gasteiger partial charge in [0.2, 0.25) is 5.91 Å². The van der Waals surface area contributed by atoms with Crippen molar-refractivity contribution in [3.8, 4) is 0 Å². The molecular weight excluding hydrogens is 162 g/mol. The predicted octanol–water partition coefficient (Wildman–Crippen LogP) is 1.90. The summed E-state index contributed by atoms with van der Waals surface area (Å²) < 4.78 is 0. The summed E-state index contributed by atoms with van der Waals surface area (Å²) in [5, 5.41) is 0. The molecule has 1 amide bonds. The van der Waals surface area contributed by atoms with Crippen molar-refractivity contribution in [2.45, 2.75) is 39.7 Å². The molecule has 0 radical (unpaired) electrons. The lowest BCUT2D eigenvalue weighted by Gasteiger charge is -2.44. The van der Waals surface area contributed by atoms with Gasteiger partial charge in [-0.25, -0.2) is 0 Å². The summed E-state index contributed by atoms with van der Waals surface area (Å²) in [7, 11) is 0. The van der Waals surface area contributed by atoms with Crippen LogP contribution in [0.4, 0.5) is 0 Å². The minimum absolute atomic E-state index is 0.376. The van der Waals surface area contributed by atoms with Crippen LogP contribution < -0.4 is 0 Å². The Balaban J connectivity index is 1.91. The molecule has 3 atom stereocenters. The average molecular weight is 181 g/mol. The van der Waals surface area contributed by atoms with Crippen LogP contribution in [-0.4, -0.2) is 23.4 Å². The van der Waals surface area contributed by atoms with Crippen LogP contribution >= 0.6 is 0 Å². The molecule has 1 saturated heterocycles. The Hall–Kier alpha value is -0.530. The van der Waals surface area contributed by atoms with E-state index in [2.05, 4.69) is 25.7 Å². The molecule has 2 nitrogen and oxygen atoms in total. The maximum Gasteiger partial charge on any atom is 0.226 e. The van der Waals surface area contributed by atoms with Gasteiger partial charge in [-0.15, -0.1) is 0 Å². The predicted molar refractivity (Wildman–Crippen MR) is 52.2 cm³/mol. The number of amides is 1. The van der Waals surface area contributed by atoms with Gasteiger partial charge in [-0.2, -0.15) is 0 Å². The van der Waals surface area contributed by atoms with Gasteiger partial charge in [0, 0.05) is 18.5 Å². The number of carbonyl (C=O) groups excluding carboxylic acids is 1. The molecule has 13 heavy (non-hydrogen) atoms. The van der Waals surface area contributed by atoms with Crippen LogP contribution in [0.25, 0.3) is 0 Å². The second kappa shape index (κ2) is 3.00. The van der Waals surface area contributed by atoms with Crippen LogP contribution in [0.2, 0.25) is 0 Å². The summed E-state index contributed by atoms with van der Waals surface area (Å²) in [5.41, 5.74) is 0. The Morgan fingerprint density at radius 1 is 1.46 bits per heavy atom. The van der Waals surface area contributed by atoms with E-state index >= 15 is 0 Å². The van der Waals surface area contributed by atoms with Crippen molar-refractivity contribution in [1.82, 2.24) is 4.90 Å². The first-order valence-corrected chi connectivity index (χ1v) is 5.41. The summed E-state index contributed by atoms with van der Waals surface area (Å²) in [6.45, 7) is 7.60. The first-order valence-electron chi connectivity index (χ1n) is 5.41. The van der Waals surface area contributed by atoms with E-state index in [0.717, 1.165) is 13.0 Å². The van der Waals surface area contributed by atoms with E-state index in [9.17, 15) is 4.79 Å². The van der Waals surface area contributed by atoms with Crippen molar-refractivity contribution in [2.24, 2.45) is 17.8 Å². The smallest absolute Gasteiger partial charge is 0.226 e. The summed E-state index contributed by atoms with van der Waals surface area (Å²) in [6, 6.07) is 0.542. The molecule has 2 rings (SSSR count). The van der Waals surface area contributed by atoms with Gasteiger partial charge in [0.25, 0.3) is 0 Å². The third-order valence-corrected chi connectivity index (χ3v) is 3.55. The fraction of sp³-hybridized carbons (Fsp3) is 0.909. The lowest BCUT2D eigenvalue weighted by molar-refractivity contribution is -0.142. The third kappa shape index (κ3) is 1.47. The fourth-order valence-corrected chi connectivity index (χ4v) is 2.25. The van der Waals surface area contributed by atoms with Gasteiger partial charge in [0.1, 0.15) is 0 Å². The molecule has 2 aliphatic rings. The van der Waals surface area contributed by atoms with E-state index in [1.165, 1.54) is 6.42 Å². The molecule has 2 fully saturated rings. The lowest BCUT2D eigenvalue weighted by atomic mass is 9.91. The van der Waals surface area contributed by atoms with Crippen molar-refractivity contribution in [1.29, 1.82) is 0 Å². The van der Waals surface area contributed by atoms with Crippen LogP contribution in [-0.2, 0) is 4.79 Å². The van der Waals surface area contributed by atoms with Crippen molar-refractivity contribution < 1.29 is 4.79 Å². The van der Waals surface area contributed by atoms with E-state index in [4.69, 9.17) is 0 Å². The summed E-state index contributed by atoms with van der Waals surface area (Å²) >= 11 is 0. The monoisotopic (exact) mass is 181 g/mol. The lowest BCUT2D eigenvalue weighted by Crippen LogP contribution is -2.54. The standard InChI is InChI=1S/C11H19NO/c1-7(2)10-4-5-12(10)11(13)9-6-8(9)3/h7-10H,4-6H2,1-3H3/t8-,9-,10?/m0/s1. The van der Waals surface area contributed by atoms with E-state index in [1.807, 2.05) is 0 Å². The number of hydrogen-bond donors (Lipinski definition) is 0. The normalized spacial score (nSPS) is 37.5. The molecule has 0 aromatic heterocycles. The zero-order valence-electron chi connectivity index (χ0n) is 8.79. The van der Waals surface area contributed by atoms with Gasteiger partial charge < -0.3 is 4.90 Å². The van der Waals surface area contributed by atoms with E-state index < -0.39 is 0 Å². The molecule has 1 aliphatic carbocycles. The molecule has 0 N–H and O–H groups in total. The first-order chi connectivity index (χ1) is 6.11. The van der Waals surface area contributed by atoms with Crippen molar-refractivity contribution in [2.75, 3.05) is 6.54 Å². The number of carbonyl (C=O) groups is 1. The second-order valence-corrected chi connectivity index (χ2v) is 4.95. The minimum Gasteiger partial charge on any atom is -0.339 e. The Labute approximate surface area is 80.3 Å². The topological polar surface area (TPSA) is 20.3 Å².